The lowest BCUT2D eigenvalue weighted by Gasteiger charge is -2.01. The highest BCUT2D eigenvalue weighted by molar-refractivity contribution is 7.99. The second kappa shape index (κ2) is 4.41. The van der Waals surface area contributed by atoms with Crippen LogP contribution in [-0.2, 0) is 0 Å². The van der Waals surface area contributed by atoms with Gasteiger partial charge in [-0.05, 0) is 17.8 Å². The molecule has 0 amide bonds. The van der Waals surface area contributed by atoms with E-state index in [4.69, 9.17) is 17.3 Å². The molecule has 2 N–H and O–H groups in total. The van der Waals surface area contributed by atoms with Crippen LogP contribution >= 0.6 is 23.4 Å². The molecule has 0 radical (unpaired) electrons. The Morgan fingerprint density at radius 2 is 2.20 bits per heavy atom. The zero-order valence-electron chi connectivity index (χ0n) is 7.46. The van der Waals surface area contributed by atoms with Gasteiger partial charge >= 0.3 is 0 Å². The molecule has 15 heavy (non-hydrogen) atoms. The minimum Gasteiger partial charge on any atom is -0.368 e. The molecule has 2 heterocycles. The Hall–Kier alpha value is -1.40. The lowest BCUT2D eigenvalue weighted by molar-refractivity contribution is 1.02. The quantitative estimate of drug-likeness (QED) is 0.803. The van der Waals surface area contributed by atoms with Gasteiger partial charge in [0.2, 0.25) is 5.95 Å². The van der Waals surface area contributed by atoms with Crippen LogP contribution in [0.4, 0.5) is 5.95 Å². The van der Waals surface area contributed by atoms with Gasteiger partial charge < -0.3 is 5.73 Å². The molecule has 7 heteroatoms. The monoisotopic (exact) mass is 239 g/mol. The predicted molar refractivity (Wildman–Crippen MR) is 57.6 cm³/mol. The van der Waals surface area contributed by atoms with Crippen molar-refractivity contribution in [2.75, 3.05) is 5.73 Å². The fourth-order valence-electron chi connectivity index (χ4n) is 0.874. The number of aromatic nitrogens is 4. The molecule has 5 nitrogen and oxygen atoms in total. The fraction of sp³-hybridized carbons (Fsp3) is 0. The van der Waals surface area contributed by atoms with E-state index in [1.54, 1.807) is 12.3 Å². The molecule has 76 valence electrons. The highest BCUT2D eigenvalue weighted by atomic mass is 35.5. The van der Waals surface area contributed by atoms with Gasteiger partial charge in [-0.2, -0.15) is 0 Å². The van der Waals surface area contributed by atoms with E-state index >= 15 is 0 Å². The van der Waals surface area contributed by atoms with Gasteiger partial charge in [-0.15, -0.1) is 0 Å². The van der Waals surface area contributed by atoms with Gasteiger partial charge in [-0.1, -0.05) is 11.6 Å². The molecule has 0 spiro atoms. The standard InChI is InChI=1S/C8H6ClN5S/c9-5-3-12-8(10)14-7(5)15-6-1-2-11-4-13-6/h1-4H,(H2,10,12,14). The van der Waals surface area contributed by atoms with Crippen LogP contribution in [0.15, 0.2) is 34.8 Å². The largest absolute Gasteiger partial charge is 0.368 e. The summed E-state index contributed by atoms with van der Waals surface area (Å²) in [5, 5.41) is 1.79. The topological polar surface area (TPSA) is 77.6 Å². The number of hydrogen-bond donors (Lipinski definition) is 1. The zero-order chi connectivity index (χ0) is 10.7. The first-order chi connectivity index (χ1) is 7.25. The van der Waals surface area contributed by atoms with Crippen LogP contribution in [0.2, 0.25) is 5.02 Å². The van der Waals surface area contributed by atoms with Crippen molar-refractivity contribution in [2.24, 2.45) is 0 Å². The second-order valence-electron chi connectivity index (χ2n) is 2.53. The molecular weight excluding hydrogens is 234 g/mol. The number of nitrogen functional groups attached to an aromatic ring is 1. The van der Waals surface area contributed by atoms with Crippen LogP contribution < -0.4 is 5.73 Å². The molecular formula is C8H6ClN5S. The minimum absolute atomic E-state index is 0.191. The number of rotatable bonds is 2. The summed E-state index contributed by atoms with van der Waals surface area (Å²) in [7, 11) is 0. The average Bonchev–Trinajstić information content (AvgIpc) is 2.25. The second-order valence-corrected chi connectivity index (χ2v) is 3.95. The Kier molecular flexibility index (Phi) is 2.98. The number of nitrogens with zero attached hydrogens (tertiary/aromatic N) is 4. The van der Waals surface area contributed by atoms with E-state index in [1.165, 1.54) is 24.3 Å². The third kappa shape index (κ3) is 2.54. The highest BCUT2D eigenvalue weighted by Gasteiger charge is 2.06. The van der Waals surface area contributed by atoms with E-state index in [0.29, 0.717) is 10.0 Å². The maximum absolute atomic E-state index is 5.90. The van der Waals surface area contributed by atoms with Crippen molar-refractivity contribution in [3.8, 4) is 0 Å². The van der Waals surface area contributed by atoms with Gasteiger partial charge in [-0.25, -0.2) is 19.9 Å². The van der Waals surface area contributed by atoms with Crippen molar-refractivity contribution in [3.05, 3.63) is 29.8 Å². The van der Waals surface area contributed by atoms with E-state index in [0.717, 1.165) is 5.03 Å². The van der Waals surface area contributed by atoms with Gasteiger partial charge in [0.1, 0.15) is 16.4 Å². The van der Waals surface area contributed by atoms with Crippen LogP contribution in [0.3, 0.4) is 0 Å². The summed E-state index contributed by atoms with van der Waals surface area (Å²) in [5.41, 5.74) is 5.45. The molecule has 0 aliphatic carbocycles. The van der Waals surface area contributed by atoms with Crippen molar-refractivity contribution in [2.45, 2.75) is 10.1 Å². The molecule has 0 saturated heterocycles. The van der Waals surface area contributed by atoms with Crippen LogP contribution in [0.5, 0.6) is 0 Å². The van der Waals surface area contributed by atoms with Gasteiger partial charge in [0.25, 0.3) is 0 Å². The van der Waals surface area contributed by atoms with E-state index in [2.05, 4.69) is 19.9 Å². The smallest absolute Gasteiger partial charge is 0.221 e. The summed E-state index contributed by atoms with van der Waals surface area (Å²) >= 11 is 7.22. The SMILES string of the molecule is Nc1ncc(Cl)c(Sc2ccncn2)n1. The van der Waals surface area contributed by atoms with Crippen molar-refractivity contribution >= 4 is 29.3 Å². The Morgan fingerprint density at radius 3 is 2.93 bits per heavy atom. The average molecular weight is 240 g/mol. The maximum atomic E-state index is 5.90. The summed E-state index contributed by atoms with van der Waals surface area (Å²) in [6, 6.07) is 1.76. The van der Waals surface area contributed by atoms with E-state index in [9.17, 15) is 0 Å². The molecule has 0 saturated carbocycles. The molecule has 0 unspecified atom stereocenters. The summed E-state index contributed by atoms with van der Waals surface area (Å²) in [4.78, 5) is 15.6. The van der Waals surface area contributed by atoms with Crippen molar-refractivity contribution in [1.29, 1.82) is 0 Å². The normalized spacial score (nSPS) is 10.2. The molecule has 2 aromatic rings. The first-order valence-electron chi connectivity index (χ1n) is 3.97. The molecule has 0 atom stereocenters. The first-order valence-corrected chi connectivity index (χ1v) is 5.17. The summed E-state index contributed by atoms with van der Waals surface area (Å²) in [6.07, 6.45) is 4.57. The van der Waals surface area contributed by atoms with Crippen molar-refractivity contribution in [1.82, 2.24) is 19.9 Å². The highest BCUT2D eigenvalue weighted by Crippen LogP contribution is 2.29. The number of halogens is 1. The summed E-state index contributed by atoms with van der Waals surface area (Å²) < 4.78 is 0. The summed E-state index contributed by atoms with van der Waals surface area (Å²) in [6.45, 7) is 0. The lowest BCUT2D eigenvalue weighted by atomic mass is 10.7. The third-order valence-electron chi connectivity index (χ3n) is 1.49. The minimum atomic E-state index is 0.191. The van der Waals surface area contributed by atoms with E-state index < -0.39 is 0 Å². The van der Waals surface area contributed by atoms with Crippen molar-refractivity contribution < 1.29 is 0 Å². The van der Waals surface area contributed by atoms with Gasteiger partial charge in [0.15, 0.2) is 0 Å². The lowest BCUT2D eigenvalue weighted by Crippen LogP contribution is -1.95. The predicted octanol–water partition coefficient (Wildman–Crippen LogP) is 1.65. The molecule has 0 aliphatic heterocycles. The zero-order valence-corrected chi connectivity index (χ0v) is 9.03. The molecule has 0 fully saturated rings. The van der Waals surface area contributed by atoms with Gasteiger partial charge in [-0.3, -0.25) is 0 Å². The molecule has 0 bridgehead atoms. The fourth-order valence-corrected chi connectivity index (χ4v) is 1.80. The first kappa shape index (κ1) is 10.1. The van der Waals surface area contributed by atoms with Crippen LogP contribution in [0, 0.1) is 0 Å². The molecule has 0 aliphatic rings. The molecule has 2 aromatic heterocycles. The van der Waals surface area contributed by atoms with Crippen LogP contribution in [-0.4, -0.2) is 19.9 Å². The van der Waals surface area contributed by atoms with Gasteiger partial charge in [0.05, 0.1) is 11.2 Å². The maximum Gasteiger partial charge on any atom is 0.221 e. The number of anilines is 1. The van der Waals surface area contributed by atoms with Crippen LogP contribution in [0.1, 0.15) is 0 Å². The third-order valence-corrected chi connectivity index (χ3v) is 2.83. The Balaban J connectivity index is 2.28. The van der Waals surface area contributed by atoms with Crippen molar-refractivity contribution in [3.63, 3.8) is 0 Å². The molecule has 2 rings (SSSR count). The van der Waals surface area contributed by atoms with E-state index in [1.807, 2.05) is 0 Å². The van der Waals surface area contributed by atoms with Gasteiger partial charge in [0, 0.05) is 6.20 Å². The van der Waals surface area contributed by atoms with E-state index in [-0.39, 0.29) is 5.95 Å². The summed E-state index contributed by atoms with van der Waals surface area (Å²) in [5.74, 6) is 0.191. The Bertz CT molecular complexity index is 464. The van der Waals surface area contributed by atoms with Crippen LogP contribution in [0.25, 0.3) is 0 Å². The number of nitrogens with two attached hydrogens (primary N) is 1. The number of hydrogen-bond acceptors (Lipinski definition) is 6. The Morgan fingerprint density at radius 1 is 1.33 bits per heavy atom. The Labute approximate surface area is 95.1 Å². The molecule has 0 aromatic carbocycles.